The Morgan fingerprint density at radius 2 is 2.12 bits per heavy atom. The Morgan fingerprint density at radius 1 is 1.41 bits per heavy atom. The third-order valence-electron chi connectivity index (χ3n) is 2.84. The maximum absolute atomic E-state index is 11.7. The summed E-state index contributed by atoms with van der Waals surface area (Å²) in [4.78, 5) is 26.7. The molecule has 0 unspecified atom stereocenters. The lowest BCUT2D eigenvalue weighted by Gasteiger charge is -2.03. The van der Waals surface area contributed by atoms with Gasteiger partial charge in [0.2, 0.25) is 0 Å². The van der Waals surface area contributed by atoms with E-state index in [0.717, 1.165) is 12.8 Å². The topological polar surface area (TPSA) is 67.3 Å². The van der Waals surface area contributed by atoms with Gasteiger partial charge in [0.15, 0.2) is 0 Å². The molecule has 0 bridgehead atoms. The van der Waals surface area contributed by atoms with E-state index < -0.39 is 5.97 Å². The summed E-state index contributed by atoms with van der Waals surface area (Å²) in [6, 6.07) is 3.00. The van der Waals surface area contributed by atoms with E-state index in [-0.39, 0.29) is 17.8 Å². The van der Waals surface area contributed by atoms with Gasteiger partial charge in [0.25, 0.3) is 0 Å². The van der Waals surface area contributed by atoms with Gasteiger partial charge in [-0.05, 0) is 37.8 Å². The molecule has 1 aliphatic rings. The Labute approximate surface area is 99.7 Å². The standard InChI is InChI=1S/C13H15NO3/c1-8-4-10(13(16)17)6-11(14-8)7-12(15)5-9-2-3-9/h4,6,9H,2-3,5,7H2,1H3,(H,16,17). The smallest absolute Gasteiger partial charge is 0.335 e. The molecule has 1 saturated carbocycles. The van der Waals surface area contributed by atoms with E-state index in [1.165, 1.54) is 12.1 Å². The summed E-state index contributed by atoms with van der Waals surface area (Å²) >= 11 is 0. The van der Waals surface area contributed by atoms with Gasteiger partial charge in [0.05, 0.1) is 5.56 Å². The van der Waals surface area contributed by atoms with Crippen LogP contribution < -0.4 is 0 Å². The van der Waals surface area contributed by atoms with E-state index in [9.17, 15) is 9.59 Å². The summed E-state index contributed by atoms with van der Waals surface area (Å²) in [7, 11) is 0. The molecular formula is C13H15NO3. The fourth-order valence-electron chi connectivity index (χ4n) is 1.87. The number of nitrogens with zero attached hydrogens (tertiary/aromatic N) is 1. The number of carbonyl (C=O) groups is 2. The predicted molar refractivity (Wildman–Crippen MR) is 62.0 cm³/mol. The number of rotatable bonds is 5. The molecule has 1 heterocycles. The first kappa shape index (κ1) is 11.8. The number of carboxylic acids is 1. The van der Waals surface area contributed by atoms with Crippen LogP contribution in [0.1, 0.15) is 41.0 Å². The monoisotopic (exact) mass is 233 g/mol. The second-order valence-corrected chi connectivity index (χ2v) is 4.66. The van der Waals surface area contributed by atoms with E-state index in [1.54, 1.807) is 6.92 Å². The zero-order valence-electron chi connectivity index (χ0n) is 9.77. The first-order valence-electron chi connectivity index (χ1n) is 5.77. The van der Waals surface area contributed by atoms with Crippen molar-refractivity contribution in [2.45, 2.75) is 32.6 Å². The van der Waals surface area contributed by atoms with Gasteiger partial charge >= 0.3 is 5.97 Å². The number of aryl methyl sites for hydroxylation is 1. The van der Waals surface area contributed by atoms with Crippen LogP contribution in [0.3, 0.4) is 0 Å². The molecule has 0 aromatic carbocycles. The van der Waals surface area contributed by atoms with Crippen LogP contribution in [-0.4, -0.2) is 21.8 Å². The molecule has 4 heteroatoms. The number of hydrogen-bond donors (Lipinski definition) is 1. The molecule has 0 aliphatic heterocycles. The summed E-state index contributed by atoms with van der Waals surface area (Å²) < 4.78 is 0. The van der Waals surface area contributed by atoms with E-state index in [1.807, 2.05) is 0 Å². The summed E-state index contributed by atoms with van der Waals surface area (Å²) in [5, 5.41) is 8.91. The minimum atomic E-state index is -0.980. The van der Waals surface area contributed by atoms with Crippen LogP contribution in [0.25, 0.3) is 0 Å². The van der Waals surface area contributed by atoms with Gasteiger partial charge < -0.3 is 5.11 Å². The van der Waals surface area contributed by atoms with Crippen molar-refractivity contribution in [1.82, 2.24) is 4.98 Å². The zero-order chi connectivity index (χ0) is 12.4. The van der Waals surface area contributed by atoms with E-state index in [2.05, 4.69) is 4.98 Å². The maximum atomic E-state index is 11.7. The summed E-state index contributed by atoms with van der Waals surface area (Å²) in [5.74, 6) is -0.264. The van der Waals surface area contributed by atoms with Crippen LogP contribution in [0.15, 0.2) is 12.1 Å². The van der Waals surface area contributed by atoms with Crippen LogP contribution in [-0.2, 0) is 11.2 Å². The van der Waals surface area contributed by atoms with Crippen molar-refractivity contribution < 1.29 is 14.7 Å². The van der Waals surface area contributed by atoms with Crippen molar-refractivity contribution in [1.29, 1.82) is 0 Å². The molecule has 2 rings (SSSR count). The van der Waals surface area contributed by atoms with Gasteiger partial charge in [-0.3, -0.25) is 9.78 Å². The molecule has 1 aliphatic carbocycles. The van der Waals surface area contributed by atoms with Gasteiger partial charge in [-0.25, -0.2) is 4.79 Å². The van der Waals surface area contributed by atoms with Gasteiger partial charge in [-0.1, -0.05) is 0 Å². The predicted octanol–water partition coefficient (Wildman–Crippen LogP) is 2.00. The molecule has 0 radical (unpaired) electrons. The average molecular weight is 233 g/mol. The molecular weight excluding hydrogens is 218 g/mol. The van der Waals surface area contributed by atoms with Gasteiger partial charge in [-0.2, -0.15) is 0 Å². The van der Waals surface area contributed by atoms with Crippen molar-refractivity contribution in [3.63, 3.8) is 0 Å². The normalized spacial score (nSPS) is 14.6. The number of pyridine rings is 1. The van der Waals surface area contributed by atoms with Crippen LogP contribution in [0, 0.1) is 12.8 Å². The highest BCUT2D eigenvalue weighted by molar-refractivity contribution is 5.88. The SMILES string of the molecule is Cc1cc(C(=O)O)cc(CC(=O)CC2CC2)n1. The highest BCUT2D eigenvalue weighted by atomic mass is 16.4. The second-order valence-electron chi connectivity index (χ2n) is 4.66. The molecule has 0 spiro atoms. The van der Waals surface area contributed by atoms with Crippen LogP contribution in [0.5, 0.6) is 0 Å². The number of ketones is 1. The maximum Gasteiger partial charge on any atom is 0.335 e. The lowest BCUT2D eigenvalue weighted by Crippen LogP contribution is -2.08. The molecule has 1 aromatic heterocycles. The third-order valence-corrected chi connectivity index (χ3v) is 2.84. The van der Waals surface area contributed by atoms with Crippen molar-refractivity contribution in [3.8, 4) is 0 Å². The molecule has 0 amide bonds. The molecule has 1 aromatic rings. The number of hydrogen-bond acceptors (Lipinski definition) is 3. The number of carbonyl (C=O) groups excluding carboxylic acids is 1. The Kier molecular flexibility index (Phi) is 3.22. The lowest BCUT2D eigenvalue weighted by molar-refractivity contribution is -0.118. The van der Waals surface area contributed by atoms with Crippen molar-refractivity contribution in [2.24, 2.45) is 5.92 Å². The van der Waals surface area contributed by atoms with Crippen molar-refractivity contribution in [2.75, 3.05) is 0 Å². The highest BCUT2D eigenvalue weighted by Gasteiger charge is 2.24. The fourth-order valence-corrected chi connectivity index (χ4v) is 1.87. The lowest BCUT2D eigenvalue weighted by atomic mass is 10.1. The van der Waals surface area contributed by atoms with Gasteiger partial charge in [-0.15, -0.1) is 0 Å². The fraction of sp³-hybridized carbons (Fsp3) is 0.462. The quantitative estimate of drug-likeness (QED) is 0.844. The second kappa shape index (κ2) is 4.65. The average Bonchev–Trinajstić information content (AvgIpc) is 3.00. The summed E-state index contributed by atoms with van der Waals surface area (Å²) in [6.45, 7) is 1.74. The number of Topliss-reactive ketones (excluding diaryl/α,β-unsaturated/α-hetero) is 1. The first-order valence-corrected chi connectivity index (χ1v) is 5.77. The number of aromatic nitrogens is 1. The molecule has 90 valence electrons. The van der Waals surface area contributed by atoms with Crippen molar-refractivity contribution >= 4 is 11.8 Å². The van der Waals surface area contributed by atoms with Gasteiger partial charge in [0.1, 0.15) is 5.78 Å². The molecule has 0 atom stereocenters. The van der Waals surface area contributed by atoms with Gasteiger partial charge in [0, 0.05) is 24.2 Å². The molecule has 17 heavy (non-hydrogen) atoms. The van der Waals surface area contributed by atoms with E-state index >= 15 is 0 Å². The molecule has 0 saturated heterocycles. The number of carboxylic acid groups (broad SMARTS) is 1. The minimum absolute atomic E-state index is 0.155. The summed E-state index contributed by atoms with van der Waals surface area (Å²) in [5.41, 5.74) is 1.40. The third kappa shape index (κ3) is 3.37. The Hall–Kier alpha value is -1.71. The Balaban J connectivity index is 2.08. The van der Waals surface area contributed by atoms with E-state index in [4.69, 9.17) is 5.11 Å². The zero-order valence-corrected chi connectivity index (χ0v) is 9.77. The largest absolute Gasteiger partial charge is 0.478 e. The number of aromatic carboxylic acids is 1. The molecule has 4 nitrogen and oxygen atoms in total. The Bertz CT molecular complexity index is 464. The Morgan fingerprint density at radius 3 is 2.71 bits per heavy atom. The first-order chi connectivity index (χ1) is 8.04. The van der Waals surface area contributed by atoms with Crippen LogP contribution in [0.2, 0.25) is 0 Å². The minimum Gasteiger partial charge on any atom is -0.478 e. The highest BCUT2D eigenvalue weighted by Crippen LogP contribution is 2.32. The molecule has 1 N–H and O–H groups in total. The summed E-state index contributed by atoms with van der Waals surface area (Å²) in [6.07, 6.45) is 3.15. The van der Waals surface area contributed by atoms with E-state index in [0.29, 0.717) is 23.7 Å². The van der Waals surface area contributed by atoms with Crippen LogP contribution >= 0.6 is 0 Å². The molecule has 1 fully saturated rings. The van der Waals surface area contributed by atoms with Crippen LogP contribution in [0.4, 0.5) is 0 Å². The van der Waals surface area contributed by atoms with Crippen molar-refractivity contribution in [3.05, 3.63) is 29.1 Å².